The summed E-state index contributed by atoms with van der Waals surface area (Å²) < 4.78 is 16.9. The Kier molecular flexibility index (Phi) is 5.59. The molecule has 2 rings (SSSR count). The molecule has 4 atom stereocenters. The number of rotatable bonds is 6. The zero-order valence-corrected chi connectivity index (χ0v) is 14.3. The molecule has 0 spiro atoms. The number of carbonyl (C=O) groups is 1. The van der Waals surface area contributed by atoms with Gasteiger partial charge in [-0.15, -0.1) is 6.58 Å². The minimum Gasteiger partial charge on any atom is -0.451 e. The standard InChI is InChI=1S/C19H24O5/c1-6-14-17(24-19(4,5)23-14)15(20)16(12(2)3)22-18(21)13-10-8-7-9-11-13/h6-11,14-17,20H,1-2H2,3-5H3/t14-,15+,16-,17-/m1/s1. The number of carbonyl (C=O) groups excluding carboxylic acids is 1. The van der Waals surface area contributed by atoms with Gasteiger partial charge in [0, 0.05) is 0 Å². The molecule has 1 aliphatic rings. The van der Waals surface area contributed by atoms with Crippen LogP contribution in [0.15, 0.2) is 55.1 Å². The molecular weight excluding hydrogens is 308 g/mol. The Morgan fingerprint density at radius 1 is 1.33 bits per heavy atom. The molecule has 1 aromatic rings. The molecule has 0 saturated carbocycles. The van der Waals surface area contributed by atoms with Crippen LogP contribution >= 0.6 is 0 Å². The molecule has 0 aliphatic carbocycles. The highest BCUT2D eigenvalue weighted by molar-refractivity contribution is 5.89. The molecule has 0 bridgehead atoms. The molecule has 24 heavy (non-hydrogen) atoms. The Morgan fingerprint density at radius 3 is 2.50 bits per heavy atom. The van der Waals surface area contributed by atoms with E-state index < -0.39 is 36.2 Å². The third-order valence-electron chi connectivity index (χ3n) is 3.77. The van der Waals surface area contributed by atoms with Gasteiger partial charge in [0.15, 0.2) is 11.9 Å². The predicted molar refractivity (Wildman–Crippen MR) is 90.5 cm³/mol. The first-order chi connectivity index (χ1) is 11.2. The molecule has 1 fully saturated rings. The summed E-state index contributed by atoms with van der Waals surface area (Å²) in [5.41, 5.74) is 0.919. The Hall–Kier alpha value is -1.95. The lowest BCUT2D eigenvalue weighted by Crippen LogP contribution is -2.45. The van der Waals surface area contributed by atoms with Crippen molar-refractivity contribution in [2.75, 3.05) is 0 Å². The van der Waals surface area contributed by atoms with Crippen molar-refractivity contribution in [1.29, 1.82) is 0 Å². The highest BCUT2D eigenvalue weighted by Crippen LogP contribution is 2.33. The Morgan fingerprint density at radius 2 is 1.96 bits per heavy atom. The third kappa shape index (κ3) is 4.12. The summed E-state index contributed by atoms with van der Waals surface area (Å²) in [6.45, 7) is 12.7. The van der Waals surface area contributed by atoms with Crippen LogP contribution in [0.2, 0.25) is 0 Å². The van der Waals surface area contributed by atoms with E-state index in [1.807, 2.05) is 6.07 Å². The molecule has 1 aromatic carbocycles. The third-order valence-corrected chi connectivity index (χ3v) is 3.77. The lowest BCUT2D eigenvalue weighted by atomic mass is 9.98. The maximum atomic E-state index is 12.3. The van der Waals surface area contributed by atoms with Gasteiger partial charge in [0.1, 0.15) is 18.3 Å². The Bertz CT molecular complexity index is 607. The zero-order chi connectivity index (χ0) is 17.9. The van der Waals surface area contributed by atoms with Crippen molar-refractivity contribution >= 4 is 5.97 Å². The molecule has 1 aliphatic heterocycles. The minimum absolute atomic E-state index is 0.403. The molecule has 0 amide bonds. The van der Waals surface area contributed by atoms with Crippen molar-refractivity contribution in [2.45, 2.75) is 51.0 Å². The lowest BCUT2D eigenvalue weighted by molar-refractivity contribution is -0.159. The highest BCUT2D eigenvalue weighted by Gasteiger charge is 2.46. The second-order valence-electron chi connectivity index (χ2n) is 6.33. The fourth-order valence-corrected chi connectivity index (χ4v) is 2.66. The number of hydrogen-bond acceptors (Lipinski definition) is 5. The maximum Gasteiger partial charge on any atom is 0.338 e. The zero-order valence-electron chi connectivity index (χ0n) is 14.3. The number of esters is 1. The van der Waals surface area contributed by atoms with Crippen LogP contribution in [0.4, 0.5) is 0 Å². The molecule has 0 aromatic heterocycles. The van der Waals surface area contributed by atoms with Gasteiger partial charge in [0.05, 0.1) is 5.56 Å². The van der Waals surface area contributed by atoms with E-state index in [1.165, 1.54) is 0 Å². The molecule has 1 N–H and O–H groups in total. The van der Waals surface area contributed by atoms with Gasteiger partial charge in [-0.2, -0.15) is 0 Å². The van der Waals surface area contributed by atoms with Gasteiger partial charge in [-0.05, 0) is 38.5 Å². The Balaban J connectivity index is 2.16. The molecule has 1 saturated heterocycles. The largest absolute Gasteiger partial charge is 0.451 e. The van der Waals surface area contributed by atoms with Crippen LogP contribution in [0.5, 0.6) is 0 Å². The number of aliphatic hydroxyl groups is 1. The van der Waals surface area contributed by atoms with E-state index >= 15 is 0 Å². The van der Waals surface area contributed by atoms with E-state index in [0.717, 1.165) is 0 Å². The van der Waals surface area contributed by atoms with E-state index in [9.17, 15) is 9.90 Å². The molecule has 5 heteroatoms. The summed E-state index contributed by atoms with van der Waals surface area (Å²) in [6.07, 6.45) is -1.69. The van der Waals surface area contributed by atoms with Gasteiger partial charge in [-0.1, -0.05) is 30.9 Å². The van der Waals surface area contributed by atoms with Crippen LogP contribution < -0.4 is 0 Å². The van der Waals surface area contributed by atoms with Gasteiger partial charge in [-0.3, -0.25) is 0 Å². The van der Waals surface area contributed by atoms with Gasteiger partial charge in [0.2, 0.25) is 0 Å². The van der Waals surface area contributed by atoms with E-state index in [0.29, 0.717) is 11.1 Å². The summed E-state index contributed by atoms with van der Waals surface area (Å²) in [6, 6.07) is 8.59. The first-order valence-corrected chi connectivity index (χ1v) is 7.83. The fraction of sp³-hybridized carbons (Fsp3) is 0.421. The predicted octanol–water partition coefficient (Wildman–Crippen LogP) is 2.86. The number of ether oxygens (including phenoxy) is 3. The smallest absolute Gasteiger partial charge is 0.338 e. The SMILES string of the molecule is C=C[C@H]1OC(C)(C)O[C@H]1[C@@H](O)[C@H](OC(=O)c1ccccc1)C(=C)C. The van der Waals surface area contributed by atoms with Crippen LogP contribution in [0.25, 0.3) is 0 Å². The van der Waals surface area contributed by atoms with Gasteiger partial charge >= 0.3 is 5.97 Å². The van der Waals surface area contributed by atoms with Gasteiger partial charge in [-0.25, -0.2) is 4.79 Å². The topological polar surface area (TPSA) is 65.0 Å². The highest BCUT2D eigenvalue weighted by atomic mass is 16.8. The first-order valence-electron chi connectivity index (χ1n) is 7.83. The fourth-order valence-electron chi connectivity index (χ4n) is 2.66. The van der Waals surface area contributed by atoms with Gasteiger partial charge < -0.3 is 19.3 Å². The molecular formula is C19H24O5. The number of aliphatic hydroxyl groups excluding tert-OH is 1. The van der Waals surface area contributed by atoms with Crippen molar-refractivity contribution in [3.8, 4) is 0 Å². The van der Waals surface area contributed by atoms with Crippen molar-refractivity contribution in [1.82, 2.24) is 0 Å². The quantitative estimate of drug-likeness (QED) is 0.641. The van der Waals surface area contributed by atoms with E-state index in [4.69, 9.17) is 14.2 Å². The van der Waals surface area contributed by atoms with Crippen LogP contribution in [0.3, 0.4) is 0 Å². The van der Waals surface area contributed by atoms with E-state index in [1.54, 1.807) is 51.1 Å². The van der Waals surface area contributed by atoms with Gasteiger partial charge in [0.25, 0.3) is 0 Å². The Labute approximate surface area is 142 Å². The number of hydrogen-bond donors (Lipinski definition) is 1. The van der Waals surface area contributed by atoms with Crippen LogP contribution in [-0.2, 0) is 14.2 Å². The summed E-state index contributed by atoms with van der Waals surface area (Å²) in [5.74, 6) is -1.39. The second-order valence-corrected chi connectivity index (χ2v) is 6.33. The van der Waals surface area contributed by atoms with Crippen molar-refractivity contribution in [2.24, 2.45) is 0 Å². The summed E-state index contributed by atoms with van der Waals surface area (Å²) in [7, 11) is 0. The number of benzene rings is 1. The lowest BCUT2D eigenvalue weighted by Gasteiger charge is -2.29. The summed E-state index contributed by atoms with van der Waals surface area (Å²) >= 11 is 0. The molecule has 1 heterocycles. The van der Waals surface area contributed by atoms with E-state index in [-0.39, 0.29) is 0 Å². The van der Waals surface area contributed by atoms with Crippen LogP contribution in [-0.4, -0.2) is 41.3 Å². The summed E-state index contributed by atoms with van der Waals surface area (Å²) in [5, 5.41) is 10.7. The first kappa shape index (κ1) is 18.4. The molecule has 130 valence electrons. The molecule has 0 unspecified atom stereocenters. The van der Waals surface area contributed by atoms with Crippen LogP contribution in [0, 0.1) is 0 Å². The maximum absolute atomic E-state index is 12.3. The second kappa shape index (κ2) is 7.30. The monoisotopic (exact) mass is 332 g/mol. The van der Waals surface area contributed by atoms with E-state index in [2.05, 4.69) is 13.2 Å². The van der Waals surface area contributed by atoms with Crippen molar-refractivity contribution in [3.63, 3.8) is 0 Å². The average molecular weight is 332 g/mol. The summed E-state index contributed by atoms with van der Waals surface area (Å²) in [4.78, 5) is 12.3. The van der Waals surface area contributed by atoms with Crippen molar-refractivity contribution < 1.29 is 24.1 Å². The van der Waals surface area contributed by atoms with Crippen LogP contribution in [0.1, 0.15) is 31.1 Å². The molecule has 5 nitrogen and oxygen atoms in total. The molecule has 0 radical (unpaired) electrons. The normalized spacial score (nSPS) is 24.8. The average Bonchev–Trinajstić information content (AvgIpc) is 2.87. The minimum atomic E-state index is -1.13. The van der Waals surface area contributed by atoms with Crippen molar-refractivity contribution in [3.05, 3.63) is 60.7 Å².